The molecule has 7 nitrogen and oxygen atoms in total. The van der Waals surface area contributed by atoms with E-state index in [2.05, 4.69) is 5.32 Å². The van der Waals surface area contributed by atoms with Crippen molar-refractivity contribution < 1.29 is 19.2 Å². The van der Waals surface area contributed by atoms with E-state index in [1.807, 2.05) is 0 Å². The van der Waals surface area contributed by atoms with Crippen LogP contribution in [0.2, 0.25) is 0 Å². The topological polar surface area (TPSA) is 110 Å². The van der Waals surface area contributed by atoms with Crippen molar-refractivity contribution in [2.45, 2.75) is 25.3 Å². The summed E-state index contributed by atoms with van der Waals surface area (Å²) in [5, 5.41) is 3.98. The molecule has 1 unspecified atom stereocenters. The number of rotatable bonds is 1. The fourth-order valence-corrected chi connectivity index (χ4v) is 3.27. The second-order valence-corrected chi connectivity index (χ2v) is 5.60. The third-order valence-corrected chi connectivity index (χ3v) is 4.27. The number of hydrogen-bond donors (Lipinski definition) is 2. The van der Waals surface area contributed by atoms with Gasteiger partial charge in [0.2, 0.25) is 11.8 Å². The number of nitrogens with two attached hydrogens (primary N) is 1. The standard InChI is InChI=1S/C12H11N3O4S/c13-9-8-5(4-20-9)11(18)15(12(8)19)6-2-1-3-7(16)14-10(6)17/h4,6H,1-3,13H2,(H,14,16,17). The number of imide groups is 2. The number of amides is 4. The minimum absolute atomic E-state index is 0.170. The minimum Gasteiger partial charge on any atom is -0.390 e. The summed E-state index contributed by atoms with van der Waals surface area (Å²) in [6, 6.07) is -0.946. The van der Waals surface area contributed by atoms with Gasteiger partial charge < -0.3 is 5.73 Å². The van der Waals surface area contributed by atoms with Gasteiger partial charge in [0.25, 0.3) is 11.8 Å². The number of fused-ring (bicyclic) bond motifs is 1. The fourth-order valence-electron chi connectivity index (χ4n) is 2.49. The molecule has 0 bridgehead atoms. The van der Waals surface area contributed by atoms with Crippen LogP contribution in [0.5, 0.6) is 0 Å². The van der Waals surface area contributed by atoms with Gasteiger partial charge in [-0.2, -0.15) is 0 Å². The largest absolute Gasteiger partial charge is 0.390 e. The van der Waals surface area contributed by atoms with Gasteiger partial charge in [0.15, 0.2) is 0 Å². The Labute approximate surface area is 117 Å². The summed E-state index contributed by atoms with van der Waals surface area (Å²) in [5.74, 6) is -2.07. The van der Waals surface area contributed by atoms with Crippen molar-refractivity contribution in [2.75, 3.05) is 5.73 Å². The molecular formula is C12H11N3O4S. The molecule has 0 spiro atoms. The average Bonchev–Trinajstić information content (AvgIpc) is 2.82. The number of hydrogen-bond acceptors (Lipinski definition) is 6. The van der Waals surface area contributed by atoms with E-state index in [-0.39, 0.29) is 34.9 Å². The van der Waals surface area contributed by atoms with Crippen LogP contribution in [0.3, 0.4) is 0 Å². The van der Waals surface area contributed by atoms with Crippen LogP contribution in [0.4, 0.5) is 5.00 Å². The van der Waals surface area contributed by atoms with Gasteiger partial charge in [0, 0.05) is 11.8 Å². The summed E-state index contributed by atoms with van der Waals surface area (Å²) in [7, 11) is 0. The van der Waals surface area contributed by atoms with Crippen molar-refractivity contribution in [2.24, 2.45) is 0 Å². The van der Waals surface area contributed by atoms with Gasteiger partial charge >= 0.3 is 0 Å². The van der Waals surface area contributed by atoms with Gasteiger partial charge in [0.05, 0.1) is 16.1 Å². The minimum atomic E-state index is -0.946. The van der Waals surface area contributed by atoms with Gasteiger partial charge in [-0.15, -0.1) is 11.3 Å². The highest BCUT2D eigenvalue weighted by Gasteiger charge is 2.45. The van der Waals surface area contributed by atoms with E-state index >= 15 is 0 Å². The lowest BCUT2D eigenvalue weighted by atomic mass is 10.1. The van der Waals surface area contributed by atoms with Crippen LogP contribution >= 0.6 is 11.3 Å². The lowest BCUT2D eigenvalue weighted by Gasteiger charge is -2.23. The maximum absolute atomic E-state index is 12.3. The number of nitrogens with one attached hydrogen (secondary N) is 1. The number of anilines is 1. The number of nitrogen functional groups attached to an aromatic ring is 1. The highest BCUT2D eigenvalue weighted by atomic mass is 32.1. The van der Waals surface area contributed by atoms with E-state index < -0.39 is 23.8 Å². The van der Waals surface area contributed by atoms with Crippen LogP contribution in [0.1, 0.15) is 40.0 Å². The average molecular weight is 293 g/mol. The molecule has 1 aromatic rings. The molecule has 2 aliphatic heterocycles. The lowest BCUT2D eigenvalue weighted by Crippen LogP contribution is -2.49. The summed E-state index contributed by atoms with van der Waals surface area (Å²) in [6.07, 6.45) is 0.937. The third-order valence-electron chi connectivity index (χ3n) is 3.46. The first-order valence-corrected chi connectivity index (χ1v) is 6.97. The Hall–Kier alpha value is -2.22. The second kappa shape index (κ2) is 4.41. The summed E-state index contributed by atoms with van der Waals surface area (Å²) < 4.78 is 0. The van der Waals surface area contributed by atoms with E-state index in [9.17, 15) is 19.2 Å². The van der Waals surface area contributed by atoms with Crippen molar-refractivity contribution >= 4 is 40.0 Å². The summed E-state index contributed by atoms with van der Waals surface area (Å²) in [6.45, 7) is 0. The normalized spacial score (nSPS) is 22.8. The van der Waals surface area contributed by atoms with Crippen LogP contribution in [0, 0.1) is 0 Å². The third kappa shape index (κ3) is 1.72. The Bertz CT molecular complexity index is 651. The molecule has 0 aliphatic carbocycles. The van der Waals surface area contributed by atoms with Crippen LogP contribution in [0.25, 0.3) is 0 Å². The molecule has 3 rings (SSSR count). The molecule has 104 valence electrons. The highest BCUT2D eigenvalue weighted by Crippen LogP contribution is 2.35. The van der Waals surface area contributed by atoms with Gasteiger partial charge in [0.1, 0.15) is 6.04 Å². The number of carbonyl (C=O) groups excluding carboxylic acids is 4. The monoisotopic (exact) mass is 293 g/mol. The molecule has 1 atom stereocenters. The zero-order chi connectivity index (χ0) is 14.4. The first-order chi connectivity index (χ1) is 9.50. The first-order valence-electron chi connectivity index (χ1n) is 6.09. The summed E-state index contributed by atoms with van der Waals surface area (Å²) in [4.78, 5) is 48.7. The smallest absolute Gasteiger partial charge is 0.265 e. The lowest BCUT2D eigenvalue weighted by molar-refractivity contribution is -0.131. The fraction of sp³-hybridized carbons (Fsp3) is 0.333. The molecule has 1 saturated heterocycles. The van der Waals surface area contributed by atoms with Gasteiger partial charge in [-0.05, 0) is 12.8 Å². The summed E-state index contributed by atoms with van der Waals surface area (Å²) >= 11 is 1.12. The number of carbonyl (C=O) groups is 4. The van der Waals surface area contributed by atoms with Crippen LogP contribution in [0.15, 0.2) is 5.38 Å². The zero-order valence-corrected chi connectivity index (χ0v) is 11.2. The zero-order valence-electron chi connectivity index (χ0n) is 10.3. The van der Waals surface area contributed by atoms with E-state index in [1.54, 1.807) is 0 Å². The van der Waals surface area contributed by atoms with E-state index in [0.717, 1.165) is 16.2 Å². The Morgan fingerprint density at radius 2 is 2.00 bits per heavy atom. The molecule has 1 fully saturated rings. The van der Waals surface area contributed by atoms with E-state index in [4.69, 9.17) is 5.73 Å². The molecule has 8 heteroatoms. The van der Waals surface area contributed by atoms with Gasteiger partial charge in [-0.3, -0.25) is 29.4 Å². The van der Waals surface area contributed by atoms with Crippen LogP contribution < -0.4 is 11.1 Å². The quantitative estimate of drug-likeness (QED) is 0.715. The second-order valence-electron chi connectivity index (χ2n) is 4.69. The molecule has 1 aromatic heterocycles. The van der Waals surface area contributed by atoms with E-state index in [1.165, 1.54) is 5.38 Å². The molecule has 2 aliphatic rings. The molecular weight excluding hydrogens is 282 g/mol. The van der Waals surface area contributed by atoms with Crippen molar-refractivity contribution in [3.63, 3.8) is 0 Å². The molecule has 20 heavy (non-hydrogen) atoms. The van der Waals surface area contributed by atoms with Crippen molar-refractivity contribution in [3.05, 3.63) is 16.5 Å². The molecule has 0 radical (unpaired) electrons. The van der Waals surface area contributed by atoms with Crippen LogP contribution in [-0.4, -0.2) is 34.6 Å². The molecule has 3 N–H and O–H groups in total. The highest BCUT2D eigenvalue weighted by molar-refractivity contribution is 7.14. The Morgan fingerprint density at radius 3 is 2.70 bits per heavy atom. The summed E-state index contributed by atoms with van der Waals surface area (Å²) in [5.41, 5.74) is 6.09. The molecule has 0 saturated carbocycles. The Morgan fingerprint density at radius 1 is 1.25 bits per heavy atom. The predicted molar refractivity (Wildman–Crippen MR) is 70.0 cm³/mol. The van der Waals surface area contributed by atoms with Gasteiger partial charge in [-0.1, -0.05) is 0 Å². The molecule has 3 heterocycles. The van der Waals surface area contributed by atoms with E-state index in [0.29, 0.717) is 6.42 Å². The Balaban J connectivity index is 1.96. The molecule has 4 amide bonds. The SMILES string of the molecule is Nc1scc2c1C(=O)N(C1CCCC(=O)NC1=O)C2=O. The van der Waals surface area contributed by atoms with Crippen molar-refractivity contribution in [1.29, 1.82) is 0 Å². The predicted octanol–water partition coefficient (Wildman–Crippen LogP) is 0.122. The molecule has 0 aromatic carbocycles. The maximum Gasteiger partial charge on any atom is 0.265 e. The van der Waals surface area contributed by atoms with Crippen molar-refractivity contribution in [3.8, 4) is 0 Å². The maximum atomic E-state index is 12.3. The number of nitrogens with zero attached hydrogens (tertiary/aromatic N) is 1. The number of thiophene rings is 1. The van der Waals surface area contributed by atoms with Crippen LogP contribution in [-0.2, 0) is 9.59 Å². The van der Waals surface area contributed by atoms with Gasteiger partial charge in [-0.25, -0.2) is 0 Å². The Kier molecular flexibility index (Phi) is 2.82. The van der Waals surface area contributed by atoms with Crippen molar-refractivity contribution in [1.82, 2.24) is 10.2 Å². The first kappa shape index (κ1) is 12.8.